The number of piperazine rings is 1. The highest BCUT2D eigenvalue weighted by atomic mass is 35.5. The van der Waals surface area contributed by atoms with Crippen molar-refractivity contribution in [3.8, 4) is 6.07 Å². The Labute approximate surface area is 127 Å². The first-order valence-electron chi connectivity index (χ1n) is 6.30. The van der Waals surface area contributed by atoms with Gasteiger partial charge in [-0.25, -0.2) is 0 Å². The van der Waals surface area contributed by atoms with E-state index in [2.05, 4.69) is 29.3 Å². The van der Waals surface area contributed by atoms with E-state index in [4.69, 9.17) is 5.26 Å². The van der Waals surface area contributed by atoms with Crippen LogP contribution < -0.4 is 5.32 Å². The fourth-order valence-electron chi connectivity index (χ4n) is 2.51. The molecule has 0 bridgehead atoms. The third-order valence-electron chi connectivity index (χ3n) is 3.38. The molecule has 19 heavy (non-hydrogen) atoms. The molecular formula is C14H21Cl2N3. The SMILES string of the molecule is CC[C@@H](c1cccc(C#N)c1)N1CCNCC1.Cl.Cl. The Hall–Kier alpha value is -0.790. The molecule has 1 fully saturated rings. The first kappa shape index (κ1) is 18.2. The molecule has 1 aromatic rings. The maximum Gasteiger partial charge on any atom is 0.0991 e. The van der Waals surface area contributed by atoms with E-state index >= 15 is 0 Å². The molecule has 0 radical (unpaired) electrons. The number of rotatable bonds is 3. The van der Waals surface area contributed by atoms with Gasteiger partial charge < -0.3 is 5.32 Å². The number of nitrogens with zero attached hydrogens (tertiary/aromatic N) is 2. The standard InChI is InChI=1S/C14H19N3.2ClH/c1-2-14(17-8-6-16-7-9-17)13-5-3-4-12(10-13)11-15;;/h3-5,10,14,16H,2,6-9H2,1H3;2*1H/t14-;;/m0../s1. The summed E-state index contributed by atoms with van der Waals surface area (Å²) in [5.41, 5.74) is 2.03. The van der Waals surface area contributed by atoms with Gasteiger partial charge in [-0.3, -0.25) is 4.90 Å². The van der Waals surface area contributed by atoms with Crippen LogP contribution in [0.25, 0.3) is 0 Å². The summed E-state index contributed by atoms with van der Waals surface area (Å²) in [6, 6.07) is 10.7. The molecule has 1 aromatic carbocycles. The van der Waals surface area contributed by atoms with Crippen LogP contribution in [0, 0.1) is 11.3 Å². The van der Waals surface area contributed by atoms with Gasteiger partial charge in [0.25, 0.3) is 0 Å². The second-order valence-corrected chi connectivity index (χ2v) is 4.45. The van der Waals surface area contributed by atoms with Gasteiger partial charge in [-0.2, -0.15) is 5.26 Å². The number of halogens is 2. The predicted molar refractivity (Wildman–Crippen MR) is 83.1 cm³/mol. The summed E-state index contributed by atoms with van der Waals surface area (Å²) in [4.78, 5) is 2.51. The average Bonchev–Trinajstić information content (AvgIpc) is 2.41. The highest BCUT2D eigenvalue weighted by Crippen LogP contribution is 2.24. The lowest BCUT2D eigenvalue weighted by molar-refractivity contribution is 0.169. The quantitative estimate of drug-likeness (QED) is 0.933. The summed E-state index contributed by atoms with van der Waals surface area (Å²) in [5, 5.41) is 12.3. The summed E-state index contributed by atoms with van der Waals surface area (Å²) in [6.45, 7) is 6.53. The van der Waals surface area contributed by atoms with Gasteiger partial charge >= 0.3 is 0 Å². The van der Waals surface area contributed by atoms with Gasteiger partial charge in [-0.1, -0.05) is 19.1 Å². The molecule has 5 heteroatoms. The van der Waals surface area contributed by atoms with Gasteiger partial charge in [-0.05, 0) is 24.1 Å². The van der Waals surface area contributed by atoms with E-state index in [9.17, 15) is 0 Å². The van der Waals surface area contributed by atoms with E-state index in [0.717, 1.165) is 38.2 Å². The van der Waals surface area contributed by atoms with Gasteiger partial charge in [-0.15, -0.1) is 24.8 Å². The molecule has 1 heterocycles. The summed E-state index contributed by atoms with van der Waals surface area (Å²) in [7, 11) is 0. The van der Waals surface area contributed by atoms with Crippen molar-refractivity contribution >= 4 is 24.8 Å². The Balaban J connectivity index is 0.00000162. The zero-order valence-corrected chi connectivity index (χ0v) is 12.8. The van der Waals surface area contributed by atoms with Gasteiger partial charge in [0.15, 0.2) is 0 Å². The number of hydrogen-bond donors (Lipinski definition) is 1. The topological polar surface area (TPSA) is 39.1 Å². The largest absolute Gasteiger partial charge is 0.314 e. The van der Waals surface area contributed by atoms with E-state index in [0.29, 0.717) is 6.04 Å². The van der Waals surface area contributed by atoms with Crippen LogP contribution in [0.4, 0.5) is 0 Å². The van der Waals surface area contributed by atoms with Crippen LogP contribution in [0.5, 0.6) is 0 Å². The van der Waals surface area contributed by atoms with Crippen molar-refractivity contribution in [2.24, 2.45) is 0 Å². The van der Waals surface area contributed by atoms with Gasteiger partial charge in [0.1, 0.15) is 0 Å². The van der Waals surface area contributed by atoms with Crippen LogP contribution in [0.1, 0.15) is 30.5 Å². The highest BCUT2D eigenvalue weighted by molar-refractivity contribution is 5.85. The normalized spacial score (nSPS) is 16.6. The molecule has 1 N–H and O–H groups in total. The Morgan fingerprint density at radius 3 is 2.58 bits per heavy atom. The number of hydrogen-bond acceptors (Lipinski definition) is 3. The summed E-state index contributed by atoms with van der Waals surface area (Å²) in [5.74, 6) is 0. The third kappa shape index (κ3) is 4.67. The van der Waals surface area contributed by atoms with Crippen molar-refractivity contribution in [3.63, 3.8) is 0 Å². The van der Waals surface area contributed by atoms with Gasteiger partial charge in [0.05, 0.1) is 11.6 Å². The van der Waals surface area contributed by atoms with Gasteiger partial charge in [0.2, 0.25) is 0 Å². The fourth-order valence-corrected chi connectivity index (χ4v) is 2.51. The average molecular weight is 302 g/mol. The molecule has 0 saturated carbocycles. The Bertz CT molecular complexity index is 411. The minimum absolute atomic E-state index is 0. The molecule has 1 saturated heterocycles. The lowest BCUT2D eigenvalue weighted by atomic mass is 10.00. The Morgan fingerprint density at radius 1 is 1.32 bits per heavy atom. The zero-order valence-electron chi connectivity index (χ0n) is 11.1. The number of benzene rings is 1. The minimum atomic E-state index is 0. The lowest BCUT2D eigenvalue weighted by Gasteiger charge is -2.34. The van der Waals surface area contributed by atoms with E-state index in [-0.39, 0.29) is 24.8 Å². The van der Waals surface area contributed by atoms with Crippen LogP contribution in [0.3, 0.4) is 0 Å². The minimum Gasteiger partial charge on any atom is -0.314 e. The highest BCUT2D eigenvalue weighted by Gasteiger charge is 2.20. The Morgan fingerprint density at radius 2 is 2.00 bits per heavy atom. The third-order valence-corrected chi connectivity index (χ3v) is 3.38. The van der Waals surface area contributed by atoms with Crippen LogP contribution in [0.15, 0.2) is 24.3 Å². The van der Waals surface area contributed by atoms with Crippen molar-refractivity contribution in [3.05, 3.63) is 35.4 Å². The molecule has 2 rings (SSSR count). The van der Waals surface area contributed by atoms with Crippen molar-refractivity contribution < 1.29 is 0 Å². The fraction of sp³-hybridized carbons (Fsp3) is 0.500. The summed E-state index contributed by atoms with van der Waals surface area (Å²) >= 11 is 0. The van der Waals surface area contributed by atoms with Gasteiger partial charge in [0, 0.05) is 32.2 Å². The molecule has 3 nitrogen and oxygen atoms in total. The molecule has 0 amide bonds. The maximum atomic E-state index is 8.95. The van der Waals surface area contributed by atoms with Crippen LogP contribution in [-0.4, -0.2) is 31.1 Å². The van der Waals surface area contributed by atoms with Crippen molar-refractivity contribution in [1.29, 1.82) is 5.26 Å². The van der Waals surface area contributed by atoms with Crippen molar-refractivity contribution in [1.82, 2.24) is 10.2 Å². The number of nitrogens with one attached hydrogen (secondary N) is 1. The van der Waals surface area contributed by atoms with E-state index in [1.807, 2.05) is 18.2 Å². The first-order valence-corrected chi connectivity index (χ1v) is 6.30. The van der Waals surface area contributed by atoms with E-state index < -0.39 is 0 Å². The molecular weight excluding hydrogens is 281 g/mol. The summed E-state index contributed by atoms with van der Waals surface area (Å²) < 4.78 is 0. The van der Waals surface area contributed by atoms with Crippen molar-refractivity contribution in [2.75, 3.05) is 26.2 Å². The molecule has 1 aliphatic heterocycles. The molecule has 0 aliphatic carbocycles. The molecule has 106 valence electrons. The first-order chi connectivity index (χ1) is 8.35. The van der Waals surface area contributed by atoms with Crippen LogP contribution >= 0.6 is 24.8 Å². The Kier molecular flexibility index (Phi) is 8.79. The summed E-state index contributed by atoms with van der Waals surface area (Å²) in [6.07, 6.45) is 1.09. The van der Waals surface area contributed by atoms with E-state index in [1.54, 1.807) is 0 Å². The van der Waals surface area contributed by atoms with Crippen LogP contribution in [0.2, 0.25) is 0 Å². The smallest absolute Gasteiger partial charge is 0.0991 e. The second kappa shape index (κ2) is 9.17. The molecule has 0 unspecified atom stereocenters. The maximum absolute atomic E-state index is 8.95. The monoisotopic (exact) mass is 301 g/mol. The van der Waals surface area contributed by atoms with Crippen LogP contribution in [-0.2, 0) is 0 Å². The molecule has 0 spiro atoms. The molecule has 1 atom stereocenters. The zero-order chi connectivity index (χ0) is 12.1. The second-order valence-electron chi connectivity index (χ2n) is 4.45. The molecule has 1 aliphatic rings. The lowest BCUT2D eigenvalue weighted by Crippen LogP contribution is -2.45. The number of nitriles is 1. The predicted octanol–water partition coefficient (Wildman–Crippen LogP) is 2.76. The van der Waals surface area contributed by atoms with Crippen molar-refractivity contribution in [2.45, 2.75) is 19.4 Å². The molecule has 0 aromatic heterocycles. The van der Waals surface area contributed by atoms with E-state index in [1.165, 1.54) is 5.56 Å².